The van der Waals surface area contributed by atoms with Crippen LogP contribution in [0.3, 0.4) is 0 Å². The molecule has 0 aromatic rings. The predicted octanol–water partition coefficient (Wildman–Crippen LogP) is 2.68. The van der Waals surface area contributed by atoms with Crippen molar-refractivity contribution in [1.29, 1.82) is 0 Å². The van der Waals surface area contributed by atoms with Gasteiger partial charge in [-0.3, -0.25) is 4.79 Å². The SMILES string of the molecule is CCC(CC)(CC1CC1)C(=O)O. The van der Waals surface area contributed by atoms with E-state index in [9.17, 15) is 4.79 Å². The Hall–Kier alpha value is -0.530. The lowest BCUT2D eigenvalue weighted by Gasteiger charge is -2.26. The summed E-state index contributed by atoms with van der Waals surface area (Å²) in [4.78, 5) is 11.0. The largest absolute Gasteiger partial charge is 0.481 e. The van der Waals surface area contributed by atoms with Crippen molar-refractivity contribution in [2.45, 2.75) is 46.0 Å². The van der Waals surface area contributed by atoms with Gasteiger partial charge in [0.2, 0.25) is 0 Å². The molecule has 0 aromatic heterocycles. The molecule has 0 unspecified atom stereocenters. The van der Waals surface area contributed by atoms with E-state index in [1.54, 1.807) is 0 Å². The normalized spacial score (nSPS) is 17.8. The lowest BCUT2D eigenvalue weighted by molar-refractivity contribution is -0.150. The smallest absolute Gasteiger partial charge is 0.309 e. The summed E-state index contributed by atoms with van der Waals surface area (Å²) in [5, 5.41) is 9.10. The van der Waals surface area contributed by atoms with Gasteiger partial charge >= 0.3 is 5.97 Å². The van der Waals surface area contributed by atoms with Crippen LogP contribution in [0.5, 0.6) is 0 Å². The van der Waals surface area contributed by atoms with Crippen LogP contribution in [-0.4, -0.2) is 11.1 Å². The zero-order valence-corrected chi connectivity index (χ0v) is 7.97. The van der Waals surface area contributed by atoms with Gasteiger partial charge in [0.25, 0.3) is 0 Å². The first-order valence-corrected chi connectivity index (χ1v) is 4.88. The van der Waals surface area contributed by atoms with Gasteiger partial charge in [-0.25, -0.2) is 0 Å². The number of carboxylic acid groups (broad SMARTS) is 1. The molecule has 1 fully saturated rings. The number of carboxylic acids is 1. The molecule has 0 bridgehead atoms. The van der Waals surface area contributed by atoms with Gasteiger partial charge in [0.1, 0.15) is 0 Å². The molecule has 0 aliphatic heterocycles. The molecule has 0 atom stereocenters. The molecule has 0 heterocycles. The molecule has 1 N–H and O–H groups in total. The Labute approximate surface area is 74.0 Å². The highest BCUT2D eigenvalue weighted by atomic mass is 16.4. The van der Waals surface area contributed by atoms with E-state index < -0.39 is 11.4 Å². The van der Waals surface area contributed by atoms with Crippen molar-refractivity contribution < 1.29 is 9.90 Å². The third kappa shape index (κ3) is 1.79. The molecule has 0 spiro atoms. The monoisotopic (exact) mass is 170 g/mol. The van der Waals surface area contributed by atoms with Gasteiger partial charge in [0.15, 0.2) is 0 Å². The van der Waals surface area contributed by atoms with Crippen LogP contribution in [0.1, 0.15) is 46.0 Å². The fraction of sp³-hybridized carbons (Fsp3) is 0.900. The molecule has 1 rings (SSSR count). The molecule has 0 amide bonds. The fourth-order valence-electron chi connectivity index (χ4n) is 1.80. The lowest BCUT2D eigenvalue weighted by Crippen LogP contribution is -2.30. The Bertz CT molecular complexity index is 167. The highest BCUT2D eigenvalue weighted by molar-refractivity contribution is 5.74. The second-order valence-corrected chi connectivity index (χ2v) is 3.94. The van der Waals surface area contributed by atoms with Crippen molar-refractivity contribution in [2.24, 2.45) is 11.3 Å². The van der Waals surface area contributed by atoms with Gasteiger partial charge in [0.05, 0.1) is 5.41 Å². The maximum atomic E-state index is 11.0. The van der Waals surface area contributed by atoms with Crippen molar-refractivity contribution in [3.05, 3.63) is 0 Å². The molecule has 0 radical (unpaired) electrons. The van der Waals surface area contributed by atoms with Crippen LogP contribution >= 0.6 is 0 Å². The zero-order chi connectivity index (χ0) is 9.19. The predicted molar refractivity (Wildman–Crippen MR) is 48.0 cm³/mol. The summed E-state index contributed by atoms with van der Waals surface area (Å²) in [6, 6.07) is 0. The van der Waals surface area contributed by atoms with E-state index in [-0.39, 0.29) is 0 Å². The Kier molecular flexibility index (Phi) is 2.76. The summed E-state index contributed by atoms with van der Waals surface area (Å²) < 4.78 is 0. The Morgan fingerprint density at radius 1 is 1.42 bits per heavy atom. The third-order valence-electron chi connectivity index (χ3n) is 3.18. The highest BCUT2D eigenvalue weighted by Gasteiger charge is 2.40. The van der Waals surface area contributed by atoms with Crippen LogP contribution < -0.4 is 0 Å². The maximum Gasteiger partial charge on any atom is 0.309 e. The summed E-state index contributed by atoms with van der Waals surface area (Å²) in [6.07, 6.45) is 4.93. The maximum absolute atomic E-state index is 11.0. The first kappa shape index (κ1) is 9.56. The van der Waals surface area contributed by atoms with E-state index in [2.05, 4.69) is 0 Å². The first-order chi connectivity index (χ1) is 5.64. The molecular weight excluding hydrogens is 152 g/mol. The molecule has 1 aliphatic carbocycles. The highest BCUT2D eigenvalue weighted by Crippen LogP contribution is 2.43. The van der Waals surface area contributed by atoms with Crippen molar-refractivity contribution in [3.8, 4) is 0 Å². The average molecular weight is 170 g/mol. The molecule has 2 heteroatoms. The number of aliphatic carboxylic acids is 1. The molecule has 0 saturated heterocycles. The van der Waals surface area contributed by atoms with E-state index in [0.29, 0.717) is 5.92 Å². The first-order valence-electron chi connectivity index (χ1n) is 4.88. The second kappa shape index (κ2) is 3.46. The van der Waals surface area contributed by atoms with Crippen LogP contribution in [-0.2, 0) is 4.79 Å². The second-order valence-electron chi connectivity index (χ2n) is 3.94. The third-order valence-corrected chi connectivity index (χ3v) is 3.18. The van der Waals surface area contributed by atoms with E-state index in [1.165, 1.54) is 12.8 Å². The molecule has 12 heavy (non-hydrogen) atoms. The Morgan fingerprint density at radius 2 is 1.92 bits per heavy atom. The van der Waals surface area contributed by atoms with Crippen LogP contribution in [0.15, 0.2) is 0 Å². The minimum absolute atomic E-state index is 0.416. The number of hydrogen-bond donors (Lipinski definition) is 1. The fourth-order valence-corrected chi connectivity index (χ4v) is 1.80. The molecular formula is C10H18O2. The standard InChI is InChI=1S/C10H18O2/c1-3-10(4-2,9(11)12)7-8-5-6-8/h8H,3-7H2,1-2H3,(H,11,12). The van der Waals surface area contributed by atoms with Crippen molar-refractivity contribution >= 4 is 5.97 Å². The summed E-state index contributed by atoms with van der Waals surface area (Å²) in [5.41, 5.74) is -0.416. The van der Waals surface area contributed by atoms with Crippen LogP contribution in [0.25, 0.3) is 0 Å². The quantitative estimate of drug-likeness (QED) is 0.688. The summed E-state index contributed by atoms with van der Waals surface area (Å²) >= 11 is 0. The molecule has 70 valence electrons. The van der Waals surface area contributed by atoms with Gasteiger partial charge < -0.3 is 5.11 Å². The van der Waals surface area contributed by atoms with E-state index in [1.807, 2.05) is 13.8 Å². The van der Waals surface area contributed by atoms with E-state index >= 15 is 0 Å². The van der Waals surface area contributed by atoms with Gasteiger partial charge in [0, 0.05) is 0 Å². The van der Waals surface area contributed by atoms with Crippen LogP contribution in [0.2, 0.25) is 0 Å². The van der Waals surface area contributed by atoms with Gasteiger partial charge in [-0.05, 0) is 25.2 Å². The molecule has 1 aliphatic rings. The van der Waals surface area contributed by atoms with Crippen LogP contribution in [0, 0.1) is 11.3 Å². The van der Waals surface area contributed by atoms with E-state index in [4.69, 9.17) is 5.11 Å². The summed E-state index contributed by atoms with van der Waals surface area (Å²) in [6.45, 7) is 3.97. The van der Waals surface area contributed by atoms with Crippen molar-refractivity contribution in [1.82, 2.24) is 0 Å². The minimum atomic E-state index is -0.598. The van der Waals surface area contributed by atoms with Crippen molar-refractivity contribution in [3.63, 3.8) is 0 Å². The number of hydrogen-bond acceptors (Lipinski definition) is 1. The van der Waals surface area contributed by atoms with E-state index in [0.717, 1.165) is 19.3 Å². The summed E-state index contributed by atoms with van der Waals surface area (Å²) in [5.74, 6) is 0.111. The van der Waals surface area contributed by atoms with Crippen LogP contribution in [0.4, 0.5) is 0 Å². The average Bonchev–Trinajstić information content (AvgIpc) is 2.83. The Morgan fingerprint density at radius 3 is 2.17 bits per heavy atom. The minimum Gasteiger partial charge on any atom is -0.481 e. The van der Waals surface area contributed by atoms with Crippen molar-refractivity contribution in [2.75, 3.05) is 0 Å². The number of rotatable bonds is 5. The van der Waals surface area contributed by atoms with Gasteiger partial charge in [-0.15, -0.1) is 0 Å². The summed E-state index contributed by atoms with van der Waals surface area (Å²) in [7, 11) is 0. The lowest BCUT2D eigenvalue weighted by atomic mass is 9.78. The topological polar surface area (TPSA) is 37.3 Å². The zero-order valence-electron chi connectivity index (χ0n) is 7.97. The Balaban J connectivity index is 2.60. The number of carbonyl (C=O) groups is 1. The van der Waals surface area contributed by atoms with Gasteiger partial charge in [-0.1, -0.05) is 26.7 Å². The molecule has 2 nitrogen and oxygen atoms in total. The molecule has 0 aromatic carbocycles. The molecule has 1 saturated carbocycles. The van der Waals surface area contributed by atoms with Gasteiger partial charge in [-0.2, -0.15) is 0 Å².